The summed E-state index contributed by atoms with van der Waals surface area (Å²) in [4.78, 5) is 8.12. The summed E-state index contributed by atoms with van der Waals surface area (Å²) >= 11 is 0. The first kappa shape index (κ1) is 20.2. The molecular weight excluding hydrogens is 393 g/mol. The van der Waals surface area contributed by atoms with Gasteiger partial charge in [0.15, 0.2) is 0 Å². The number of rotatable bonds is 5. The highest BCUT2D eigenvalue weighted by molar-refractivity contribution is 7.90. The van der Waals surface area contributed by atoms with Crippen LogP contribution in [0.4, 0.5) is 13.2 Å². The molecule has 1 aromatic carbocycles. The van der Waals surface area contributed by atoms with Gasteiger partial charge in [0, 0.05) is 24.0 Å². The zero-order valence-corrected chi connectivity index (χ0v) is 16.6. The van der Waals surface area contributed by atoms with Crippen LogP contribution in [0.15, 0.2) is 17.3 Å². The molecule has 0 fully saturated rings. The molecule has 6 nitrogen and oxygen atoms in total. The molecule has 2 aromatic heterocycles. The summed E-state index contributed by atoms with van der Waals surface area (Å²) in [5.74, 6) is -3.07. The predicted molar refractivity (Wildman–Crippen MR) is 97.1 cm³/mol. The first-order valence-corrected chi connectivity index (χ1v) is 10.5. The van der Waals surface area contributed by atoms with Gasteiger partial charge >= 0.3 is 0 Å². The van der Waals surface area contributed by atoms with E-state index < -0.39 is 38.0 Å². The van der Waals surface area contributed by atoms with Gasteiger partial charge in [-0.15, -0.1) is 5.10 Å². The van der Waals surface area contributed by atoms with Crippen LogP contribution in [-0.2, 0) is 16.3 Å². The molecule has 28 heavy (non-hydrogen) atoms. The Balaban J connectivity index is 2.42. The summed E-state index contributed by atoms with van der Waals surface area (Å²) in [6.45, 7) is 5.43. The number of fused-ring (bicyclic) bond motifs is 1. The molecule has 0 radical (unpaired) electrons. The molecule has 150 valence electrons. The molecule has 0 spiro atoms. The van der Waals surface area contributed by atoms with Crippen molar-refractivity contribution in [2.45, 2.75) is 38.8 Å². The van der Waals surface area contributed by atoms with Crippen molar-refractivity contribution in [2.75, 3.05) is 6.26 Å². The van der Waals surface area contributed by atoms with Crippen molar-refractivity contribution in [1.29, 1.82) is 0 Å². The first-order chi connectivity index (χ1) is 13.0. The fourth-order valence-electron chi connectivity index (χ4n) is 2.99. The molecule has 0 aliphatic rings. The third-order valence-corrected chi connectivity index (χ3v) is 5.41. The summed E-state index contributed by atoms with van der Waals surface area (Å²) in [7, 11) is -3.71. The zero-order valence-electron chi connectivity index (χ0n) is 15.8. The van der Waals surface area contributed by atoms with Crippen LogP contribution in [0.5, 0.6) is 0 Å². The molecule has 0 amide bonds. The van der Waals surface area contributed by atoms with Crippen LogP contribution in [0.3, 0.4) is 0 Å². The summed E-state index contributed by atoms with van der Waals surface area (Å²) in [5, 5.41) is 3.58. The Morgan fingerprint density at radius 3 is 2.25 bits per heavy atom. The van der Waals surface area contributed by atoms with Gasteiger partial charge in [0.1, 0.15) is 17.5 Å². The van der Waals surface area contributed by atoms with Gasteiger partial charge in [-0.2, -0.15) is 9.50 Å². The van der Waals surface area contributed by atoms with Gasteiger partial charge in [0.25, 0.3) is 10.9 Å². The van der Waals surface area contributed by atoms with E-state index in [1.54, 1.807) is 0 Å². The molecule has 0 saturated heterocycles. The third-order valence-electron chi connectivity index (χ3n) is 4.57. The van der Waals surface area contributed by atoms with Crippen LogP contribution in [0, 0.1) is 30.3 Å². The number of benzene rings is 1. The number of sulfone groups is 1. The quantitative estimate of drug-likeness (QED) is 0.641. The van der Waals surface area contributed by atoms with Crippen molar-refractivity contribution in [3.8, 4) is 11.1 Å². The van der Waals surface area contributed by atoms with Gasteiger partial charge in [-0.25, -0.2) is 26.6 Å². The van der Waals surface area contributed by atoms with E-state index in [1.165, 1.54) is 11.4 Å². The van der Waals surface area contributed by atoms with Crippen molar-refractivity contribution in [3.05, 3.63) is 41.0 Å². The molecule has 10 heteroatoms. The van der Waals surface area contributed by atoms with Gasteiger partial charge < -0.3 is 0 Å². The van der Waals surface area contributed by atoms with Crippen molar-refractivity contribution in [2.24, 2.45) is 5.92 Å². The van der Waals surface area contributed by atoms with E-state index in [-0.39, 0.29) is 23.0 Å². The summed E-state index contributed by atoms with van der Waals surface area (Å²) in [6.07, 6.45) is 2.07. The Morgan fingerprint density at radius 2 is 1.71 bits per heavy atom. The fraction of sp³-hybridized carbons (Fsp3) is 0.389. The minimum Gasteiger partial charge on any atom is -0.221 e. The molecule has 0 bridgehead atoms. The SMILES string of the molecule is CCC(C)Cc1c(-c2c(F)cc(F)cc2F)c(C)nc2nc(S(C)(=O)=O)nn12. The minimum absolute atomic E-state index is 0.0166. The molecule has 0 N–H and O–H groups in total. The minimum atomic E-state index is -3.71. The van der Waals surface area contributed by atoms with Crippen molar-refractivity contribution in [3.63, 3.8) is 0 Å². The number of aromatic nitrogens is 4. The molecule has 0 saturated carbocycles. The molecule has 2 heterocycles. The van der Waals surface area contributed by atoms with Crippen LogP contribution in [0.2, 0.25) is 0 Å². The van der Waals surface area contributed by atoms with Crippen LogP contribution in [0.1, 0.15) is 31.7 Å². The zero-order chi connectivity index (χ0) is 20.8. The van der Waals surface area contributed by atoms with Gasteiger partial charge in [0.05, 0.1) is 17.0 Å². The van der Waals surface area contributed by atoms with E-state index in [0.29, 0.717) is 24.2 Å². The van der Waals surface area contributed by atoms with Crippen molar-refractivity contribution in [1.82, 2.24) is 19.6 Å². The summed E-state index contributed by atoms with van der Waals surface area (Å²) < 4.78 is 67.3. The Morgan fingerprint density at radius 1 is 1.11 bits per heavy atom. The summed E-state index contributed by atoms with van der Waals surface area (Å²) in [5.41, 5.74) is 0.294. The van der Waals surface area contributed by atoms with Crippen LogP contribution in [-0.4, -0.2) is 34.3 Å². The number of hydrogen-bond donors (Lipinski definition) is 0. The maximum absolute atomic E-state index is 14.5. The lowest BCUT2D eigenvalue weighted by Crippen LogP contribution is -2.12. The van der Waals surface area contributed by atoms with Gasteiger partial charge in [-0.3, -0.25) is 0 Å². The monoisotopic (exact) mass is 412 g/mol. The van der Waals surface area contributed by atoms with Crippen molar-refractivity contribution < 1.29 is 21.6 Å². The van der Waals surface area contributed by atoms with Gasteiger partial charge in [0.2, 0.25) is 9.84 Å². The molecular formula is C18H19F3N4O2S. The summed E-state index contributed by atoms with van der Waals surface area (Å²) in [6, 6.07) is 1.19. The second kappa shape index (κ2) is 7.16. The number of nitrogens with zero attached hydrogens (tertiary/aromatic N) is 4. The fourth-order valence-corrected chi connectivity index (χ4v) is 3.46. The van der Waals surface area contributed by atoms with Crippen molar-refractivity contribution >= 4 is 15.6 Å². The molecule has 3 aromatic rings. The number of hydrogen-bond acceptors (Lipinski definition) is 5. The van der Waals surface area contributed by atoms with Crippen LogP contribution in [0.25, 0.3) is 16.9 Å². The standard InChI is InChI=1S/C18H19F3N4O2S/c1-5-9(2)6-14-15(16-12(20)7-11(19)8-13(16)21)10(3)22-17-23-18(24-25(14)17)28(4,26)27/h7-9H,5-6H2,1-4H3. The lowest BCUT2D eigenvalue weighted by Gasteiger charge is -2.17. The normalized spacial score (nSPS) is 13.2. The number of halogens is 3. The van der Waals surface area contributed by atoms with E-state index in [2.05, 4.69) is 15.1 Å². The van der Waals surface area contributed by atoms with E-state index in [0.717, 1.165) is 12.7 Å². The topological polar surface area (TPSA) is 77.2 Å². The van der Waals surface area contributed by atoms with E-state index in [9.17, 15) is 21.6 Å². The highest BCUT2D eigenvalue weighted by Gasteiger charge is 2.26. The maximum Gasteiger partial charge on any atom is 0.268 e. The second-order valence-corrected chi connectivity index (χ2v) is 8.77. The van der Waals surface area contributed by atoms with E-state index >= 15 is 0 Å². The number of aryl methyl sites for hydroxylation is 1. The average molecular weight is 412 g/mol. The molecule has 3 rings (SSSR count). The van der Waals surface area contributed by atoms with Gasteiger partial charge in [-0.05, 0) is 19.3 Å². The highest BCUT2D eigenvalue weighted by atomic mass is 32.2. The van der Waals surface area contributed by atoms with Crippen LogP contribution < -0.4 is 0 Å². The Hall–Kier alpha value is -2.49. The molecule has 1 atom stereocenters. The predicted octanol–water partition coefficient (Wildman–Crippen LogP) is 3.51. The lowest BCUT2D eigenvalue weighted by molar-refractivity contribution is 0.535. The smallest absolute Gasteiger partial charge is 0.221 e. The third kappa shape index (κ3) is 3.60. The lowest BCUT2D eigenvalue weighted by atomic mass is 9.94. The second-order valence-electron chi connectivity index (χ2n) is 6.86. The molecule has 0 aliphatic carbocycles. The molecule has 0 aliphatic heterocycles. The largest absolute Gasteiger partial charge is 0.268 e. The van der Waals surface area contributed by atoms with E-state index in [4.69, 9.17) is 0 Å². The first-order valence-electron chi connectivity index (χ1n) is 8.64. The average Bonchev–Trinajstić information content (AvgIpc) is 3.00. The molecule has 1 unspecified atom stereocenters. The van der Waals surface area contributed by atoms with Crippen LogP contribution >= 0.6 is 0 Å². The Bertz CT molecular complexity index is 1150. The highest BCUT2D eigenvalue weighted by Crippen LogP contribution is 2.34. The van der Waals surface area contributed by atoms with E-state index in [1.807, 2.05) is 13.8 Å². The Labute approximate surface area is 160 Å². The Kier molecular flexibility index (Phi) is 5.18. The van der Waals surface area contributed by atoms with Gasteiger partial charge in [-0.1, -0.05) is 20.3 Å². The maximum atomic E-state index is 14.5.